The van der Waals surface area contributed by atoms with Gasteiger partial charge in [0.25, 0.3) is 0 Å². The smallest absolute Gasteiger partial charge is 0.155 e. The molecule has 0 spiro atoms. The van der Waals surface area contributed by atoms with E-state index in [1.807, 2.05) is 0 Å². The Kier molecular flexibility index (Phi) is 7.21. The molecule has 1 aliphatic heterocycles. The molecule has 1 saturated carbocycles. The predicted molar refractivity (Wildman–Crippen MR) is 117 cm³/mol. The highest BCUT2D eigenvalue weighted by molar-refractivity contribution is 7.92. The van der Waals surface area contributed by atoms with Gasteiger partial charge in [-0.2, -0.15) is 0 Å². The lowest BCUT2D eigenvalue weighted by Crippen LogP contribution is -2.35. The normalized spacial score (nSPS) is 24.4. The molecule has 2 aliphatic rings. The summed E-state index contributed by atoms with van der Waals surface area (Å²) in [6, 6.07) is 8.50. The quantitative estimate of drug-likeness (QED) is 0.668. The van der Waals surface area contributed by atoms with Crippen molar-refractivity contribution in [3.63, 3.8) is 0 Å². The Hall–Kier alpha value is -1.20. The van der Waals surface area contributed by atoms with Crippen molar-refractivity contribution < 1.29 is 17.9 Å². The van der Waals surface area contributed by atoms with Crippen molar-refractivity contribution in [1.82, 2.24) is 0 Å². The van der Waals surface area contributed by atoms with Crippen LogP contribution in [-0.4, -0.2) is 37.9 Å². The molecule has 1 aliphatic carbocycles. The number of benzene rings is 1. The van der Waals surface area contributed by atoms with Crippen LogP contribution in [0.3, 0.4) is 0 Å². The number of sulfone groups is 1. The number of hydrogen-bond donors (Lipinski definition) is 0. The van der Waals surface area contributed by atoms with Gasteiger partial charge in [-0.1, -0.05) is 24.3 Å². The fourth-order valence-electron chi connectivity index (χ4n) is 4.54. The molecule has 0 aromatic heterocycles. The lowest BCUT2D eigenvalue weighted by atomic mass is 9.79. The first-order valence-electron chi connectivity index (χ1n) is 11.1. The van der Waals surface area contributed by atoms with Gasteiger partial charge in [0, 0.05) is 25.6 Å². The van der Waals surface area contributed by atoms with Crippen LogP contribution in [0.2, 0.25) is 0 Å². The third-order valence-corrected chi connectivity index (χ3v) is 9.49. The summed E-state index contributed by atoms with van der Waals surface area (Å²) >= 11 is 0. The van der Waals surface area contributed by atoms with Crippen molar-refractivity contribution >= 4 is 15.6 Å². The second-order valence-electron chi connectivity index (χ2n) is 9.89. The Balaban J connectivity index is 1.52. The Morgan fingerprint density at radius 1 is 1.03 bits per heavy atom. The minimum absolute atomic E-state index is 0.0790. The minimum atomic E-state index is -3.09. The summed E-state index contributed by atoms with van der Waals surface area (Å²) in [5.74, 6) is 1.38. The fraction of sp³-hybridized carbons (Fsp3) is 0.708. The fourth-order valence-corrected chi connectivity index (χ4v) is 6.00. The molecule has 162 valence electrons. The largest absolute Gasteiger partial charge is 0.381 e. The lowest BCUT2D eigenvalue weighted by molar-refractivity contribution is -0.123. The highest BCUT2D eigenvalue weighted by Crippen LogP contribution is 2.33. The number of ketones is 1. The van der Waals surface area contributed by atoms with Gasteiger partial charge in [0.2, 0.25) is 0 Å². The first-order valence-corrected chi connectivity index (χ1v) is 12.7. The Morgan fingerprint density at radius 2 is 1.69 bits per heavy atom. The third-order valence-electron chi connectivity index (χ3n) is 6.71. The first-order chi connectivity index (χ1) is 13.7. The van der Waals surface area contributed by atoms with E-state index in [0.717, 1.165) is 57.3 Å². The average Bonchev–Trinajstić information content (AvgIpc) is 2.68. The van der Waals surface area contributed by atoms with Gasteiger partial charge in [0.15, 0.2) is 9.84 Å². The van der Waals surface area contributed by atoms with E-state index >= 15 is 0 Å². The second kappa shape index (κ2) is 9.30. The van der Waals surface area contributed by atoms with Crippen LogP contribution in [0.15, 0.2) is 24.3 Å². The van der Waals surface area contributed by atoms with Gasteiger partial charge in [-0.3, -0.25) is 4.79 Å². The number of carbonyl (C=O) groups is 1. The van der Waals surface area contributed by atoms with Gasteiger partial charge in [0.1, 0.15) is 5.78 Å². The monoisotopic (exact) mass is 420 g/mol. The summed E-state index contributed by atoms with van der Waals surface area (Å²) in [4.78, 5) is 12.9. The molecular weight excluding hydrogens is 384 g/mol. The van der Waals surface area contributed by atoms with Crippen molar-refractivity contribution in [3.05, 3.63) is 35.4 Å². The Morgan fingerprint density at radius 3 is 2.31 bits per heavy atom. The summed E-state index contributed by atoms with van der Waals surface area (Å²) in [6.07, 6.45) is 5.93. The van der Waals surface area contributed by atoms with E-state index in [1.54, 1.807) is 20.8 Å². The number of rotatable bonds is 6. The van der Waals surface area contributed by atoms with Gasteiger partial charge in [-0.05, 0) is 82.3 Å². The van der Waals surface area contributed by atoms with Crippen LogP contribution in [0.5, 0.6) is 0 Å². The predicted octanol–water partition coefficient (Wildman–Crippen LogP) is 4.71. The average molecular weight is 421 g/mol. The molecule has 1 saturated heterocycles. The maximum absolute atomic E-state index is 12.9. The molecule has 0 unspecified atom stereocenters. The van der Waals surface area contributed by atoms with E-state index in [-0.39, 0.29) is 17.6 Å². The van der Waals surface area contributed by atoms with Crippen LogP contribution in [0, 0.1) is 11.8 Å². The maximum Gasteiger partial charge on any atom is 0.155 e. The van der Waals surface area contributed by atoms with E-state index in [0.29, 0.717) is 18.1 Å². The second-order valence-corrected chi connectivity index (χ2v) is 12.7. The van der Waals surface area contributed by atoms with Crippen LogP contribution in [0.1, 0.15) is 76.3 Å². The summed E-state index contributed by atoms with van der Waals surface area (Å²) in [7, 11) is -3.09. The summed E-state index contributed by atoms with van der Waals surface area (Å²) in [5.41, 5.74) is 2.44. The van der Waals surface area contributed by atoms with Gasteiger partial charge in [0.05, 0.1) is 10.5 Å². The van der Waals surface area contributed by atoms with Crippen LogP contribution in [-0.2, 0) is 25.8 Å². The van der Waals surface area contributed by atoms with E-state index in [2.05, 4.69) is 24.3 Å². The molecule has 4 nitrogen and oxygen atoms in total. The van der Waals surface area contributed by atoms with Crippen molar-refractivity contribution in [2.45, 2.75) is 76.4 Å². The van der Waals surface area contributed by atoms with Crippen molar-refractivity contribution in [2.75, 3.05) is 19.0 Å². The molecule has 3 rings (SSSR count). The van der Waals surface area contributed by atoms with Gasteiger partial charge in [-0.15, -0.1) is 0 Å². The molecule has 5 heteroatoms. The molecule has 29 heavy (non-hydrogen) atoms. The van der Waals surface area contributed by atoms with Crippen molar-refractivity contribution in [1.29, 1.82) is 0 Å². The highest BCUT2D eigenvalue weighted by atomic mass is 32.2. The van der Waals surface area contributed by atoms with Crippen LogP contribution >= 0.6 is 0 Å². The summed E-state index contributed by atoms with van der Waals surface area (Å²) in [5, 5.41) is 0. The molecule has 1 heterocycles. The molecule has 0 N–H and O–H groups in total. The van der Waals surface area contributed by atoms with Crippen LogP contribution in [0.4, 0.5) is 0 Å². The maximum atomic E-state index is 12.9. The molecule has 2 fully saturated rings. The lowest BCUT2D eigenvalue weighted by Gasteiger charge is -2.30. The SMILES string of the molecule is CC(C)(C)S(=O)(=O)CC1CCC(C(=O)Cc2cccc(C3CCOCC3)c2)CC1. The topological polar surface area (TPSA) is 60.4 Å². The number of ether oxygens (including phenoxy) is 1. The Labute approximate surface area is 176 Å². The van der Waals surface area contributed by atoms with Crippen molar-refractivity contribution in [3.8, 4) is 0 Å². The van der Waals surface area contributed by atoms with E-state index in [1.165, 1.54) is 5.56 Å². The van der Waals surface area contributed by atoms with Gasteiger partial charge >= 0.3 is 0 Å². The van der Waals surface area contributed by atoms with Gasteiger partial charge in [-0.25, -0.2) is 8.42 Å². The highest BCUT2D eigenvalue weighted by Gasteiger charge is 2.34. The van der Waals surface area contributed by atoms with Crippen molar-refractivity contribution in [2.24, 2.45) is 11.8 Å². The first kappa shape index (κ1) is 22.5. The standard InChI is InChI=1S/C24H36O4S/c1-24(2,3)29(26,27)17-18-7-9-21(10-8-18)23(25)16-19-5-4-6-22(15-19)20-11-13-28-14-12-20/h4-6,15,18,20-21H,7-14,16-17H2,1-3H3. The molecular formula is C24H36O4S. The van der Waals surface area contributed by atoms with Crippen LogP contribution < -0.4 is 0 Å². The van der Waals surface area contributed by atoms with Crippen LogP contribution in [0.25, 0.3) is 0 Å². The van der Waals surface area contributed by atoms with E-state index < -0.39 is 14.6 Å². The third kappa shape index (κ3) is 5.91. The number of Topliss-reactive ketones (excluding diaryl/α,β-unsaturated/α-hetero) is 1. The molecule has 0 atom stereocenters. The molecule has 0 bridgehead atoms. The molecule has 0 radical (unpaired) electrons. The zero-order chi connectivity index (χ0) is 21.1. The Bertz CT molecular complexity index is 792. The van der Waals surface area contributed by atoms with E-state index in [4.69, 9.17) is 4.74 Å². The molecule has 1 aromatic rings. The van der Waals surface area contributed by atoms with Gasteiger partial charge < -0.3 is 4.74 Å². The summed E-state index contributed by atoms with van der Waals surface area (Å²) in [6.45, 7) is 6.95. The summed E-state index contributed by atoms with van der Waals surface area (Å²) < 4.78 is 29.7. The zero-order valence-electron chi connectivity index (χ0n) is 18.2. The number of hydrogen-bond acceptors (Lipinski definition) is 4. The molecule has 1 aromatic carbocycles. The minimum Gasteiger partial charge on any atom is -0.381 e. The number of carbonyl (C=O) groups excluding carboxylic acids is 1. The molecule has 0 amide bonds. The van der Waals surface area contributed by atoms with E-state index in [9.17, 15) is 13.2 Å². The zero-order valence-corrected chi connectivity index (χ0v) is 19.0.